The Kier molecular flexibility index (Phi) is 6.80. The standard InChI is InChI=1S/C22H26ClN5O3/c1-4-5-10-27(18-19(24)28(12-13(2)3)22(31)26-20(18)29)21(30)15-11-17(23)25-16-9-7-6-8-14(15)16/h6-9,11,13H,4-5,10,12,24H2,1-3H3,(H,26,29,31). The molecule has 0 fully saturated rings. The van der Waals surface area contributed by atoms with Crippen molar-refractivity contribution in [3.8, 4) is 0 Å². The number of unbranched alkanes of at least 4 members (excludes halogenated alkanes) is 1. The van der Waals surface area contributed by atoms with Gasteiger partial charge in [-0.25, -0.2) is 9.78 Å². The van der Waals surface area contributed by atoms with Crippen molar-refractivity contribution in [1.29, 1.82) is 0 Å². The fraction of sp³-hybridized carbons (Fsp3) is 0.364. The van der Waals surface area contributed by atoms with Crippen LogP contribution in [0.1, 0.15) is 44.0 Å². The predicted molar refractivity (Wildman–Crippen MR) is 124 cm³/mol. The number of halogens is 1. The number of nitrogens with one attached hydrogen (secondary N) is 1. The van der Waals surface area contributed by atoms with E-state index in [-0.39, 0.29) is 29.1 Å². The van der Waals surface area contributed by atoms with Gasteiger partial charge in [-0.3, -0.25) is 19.1 Å². The van der Waals surface area contributed by atoms with E-state index in [2.05, 4.69) is 9.97 Å². The van der Waals surface area contributed by atoms with E-state index in [0.29, 0.717) is 29.4 Å². The zero-order valence-electron chi connectivity index (χ0n) is 17.8. The quantitative estimate of drug-likeness (QED) is 0.543. The summed E-state index contributed by atoms with van der Waals surface area (Å²) in [6.45, 7) is 6.42. The molecule has 31 heavy (non-hydrogen) atoms. The minimum absolute atomic E-state index is 0.0311. The molecule has 3 rings (SSSR count). The van der Waals surface area contributed by atoms with Crippen LogP contribution in [0.2, 0.25) is 5.15 Å². The van der Waals surface area contributed by atoms with Gasteiger partial charge in [0.05, 0.1) is 11.1 Å². The van der Waals surface area contributed by atoms with Crippen LogP contribution in [-0.2, 0) is 6.54 Å². The molecule has 0 spiro atoms. The van der Waals surface area contributed by atoms with Crippen molar-refractivity contribution < 1.29 is 4.79 Å². The Bertz CT molecular complexity index is 1230. The second-order valence-electron chi connectivity index (χ2n) is 7.82. The maximum atomic E-state index is 13.7. The molecule has 1 aromatic carbocycles. The maximum Gasteiger partial charge on any atom is 0.330 e. The summed E-state index contributed by atoms with van der Waals surface area (Å²) in [6.07, 6.45) is 1.44. The van der Waals surface area contributed by atoms with Crippen LogP contribution in [0.15, 0.2) is 39.9 Å². The van der Waals surface area contributed by atoms with Gasteiger partial charge in [0.1, 0.15) is 11.0 Å². The number of fused-ring (bicyclic) bond motifs is 1. The molecule has 0 aliphatic rings. The lowest BCUT2D eigenvalue weighted by atomic mass is 10.1. The van der Waals surface area contributed by atoms with Crippen molar-refractivity contribution in [3.63, 3.8) is 0 Å². The first-order chi connectivity index (χ1) is 14.7. The number of amides is 1. The van der Waals surface area contributed by atoms with Gasteiger partial charge in [-0.15, -0.1) is 0 Å². The van der Waals surface area contributed by atoms with E-state index in [1.165, 1.54) is 15.5 Å². The number of aromatic nitrogens is 3. The van der Waals surface area contributed by atoms with Gasteiger partial charge in [0.2, 0.25) is 0 Å². The first-order valence-electron chi connectivity index (χ1n) is 10.2. The number of anilines is 2. The van der Waals surface area contributed by atoms with E-state index < -0.39 is 17.2 Å². The molecule has 3 N–H and O–H groups in total. The van der Waals surface area contributed by atoms with Gasteiger partial charge in [0.25, 0.3) is 11.5 Å². The van der Waals surface area contributed by atoms with E-state index in [1.807, 2.05) is 20.8 Å². The highest BCUT2D eigenvalue weighted by Crippen LogP contribution is 2.26. The summed E-state index contributed by atoms with van der Waals surface area (Å²) >= 11 is 6.17. The summed E-state index contributed by atoms with van der Waals surface area (Å²) in [5.41, 5.74) is 5.83. The monoisotopic (exact) mass is 443 g/mol. The molecule has 1 amide bonds. The third kappa shape index (κ3) is 4.64. The highest BCUT2D eigenvalue weighted by atomic mass is 35.5. The Hall–Kier alpha value is -3.13. The molecule has 2 heterocycles. The van der Waals surface area contributed by atoms with Gasteiger partial charge < -0.3 is 10.6 Å². The average Bonchev–Trinajstić information content (AvgIpc) is 2.72. The van der Waals surface area contributed by atoms with E-state index in [1.54, 1.807) is 24.3 Å². The van der Waals surface area contributed by atoms with E-state index in [9.17, 15) is 14.4 Å². The fourth-order valence-corrected chi connectivity index (χ4v) is 3.68. The van der Waals surface area contributed by atoms with Crippen LogP contribution in [-0.4, -0.2) is 27.0 Å². The number of carbonyl (C=O) groups excluding carboxylic acids is 1. The number of H-pyrrole nitrogens is 1. The van der Waals surface area contributed by atoms with E-state index >= 15 is 0 Å². The van der Waals surface area contributed by atoms with Gasteiger partial charge >= 0.3 is 5.69 Å². The van der Waals surface area contributed by atoms with Crippen LogP contribution in [0.3, 0.4) is 0 Å². The molecule has 0 unspecified atom stereocenters. The van der Waals surface area contributed by atoms with Crippen LogP contribution in [0.4, 0.5) is 11.5 Å². The molecule has 0 aliphatic heterocycles. The molecule has 9 heteroatoms. The highest BCUT2D eigenvalue weighted by molar-refractivity contribution is 6.30. The molecule has 2 aromatic heterocycles. The fourth-order valence-electron chi connectivity index (χ4n) is 3.48. The van der Waals surface area contributed by atoms with Gasteiger partial charge in [-0.2, -0.15) is 0 Å². The first-order valence-corrected chi connectivity index (χ1v) is 10.6. The lowest BCUT2D eigenvalue weighted by molar-refractivity contribution is 0.0987. The number of pyridine rings is 1. The Morgan fingerprint density at radius 3 is 2.68 bits per heavy atom. The topological polar surface area (TPSA) is 114 Å². The lowest BCUT2D eigenvalue weighted by Crippen LogP contribution is -2.42. The second-order valence-corrected chi connectivity index (χ2v) is 8.20. The number of nitrogen functional groups attached to an aromatic ring is 1. The van der Waals surface area contributed by atoms with Crippen molar-refractivity contribution in [2.24, 2.45) is 5.92 Å². The predicted octanol–water partition coefficient (Wildman–Crippen LogP) is 3.42. The lowest BCUT2D eigenvalue weighted by Gasteiger charge is -2.25. The van der Waals surface area contributed by atoms with Crippen LogP contribution < -0.4 is 21.9 Å². The number of hydrogen-bond acceptors (Lipinski definition) is 5. The normalized spacial score (nSPS) is 11.3. The van der Waals surface area contributed by atoms with Crippen LogP contribution in [0.5, 0.6) is 0 Å². The van der Waals surface area contributed by atoms with Gasteiger partial charge in [0, 0.05) is 18.5 Å². The van der Waals surface area contributed by atoms with Gasteiger partial charge in [-0.05, 0) is 24.5 Å². The smallest absolute Gasteiger partial charge is 0.330 e. The molecule has 0 saturated carbocycles. The average molecular weight is 444 g/mol. The number of benzene rings is 1. The molecule has 0 saturated heterocycles. The van der Waals surface area contributed by atoms with Gasteiger partial charge in [-0.1, -0.05) is 57.0 Å². The summed E-state index contributed by atoms with van der Waals surface area (Å²) < 4.78 is 1.30. The SMILES string of the molecule is CCCCN(C(=O)c1cc(Cl)nc2ccccc12)c1c(N)n(CC(C)C)c(=O)[nH]c1=O. The summed E-state index contributed by atoms with van der Waals surface area (Å²) in [4.78, 5) is 46.7. The zero-order chi connectivity index (χ0) is 22.7. The summed E-state index contributed by atoms with van der Waals surface area (Å²) in [6, 6.07) is 8.63. The molecule has 8 nitrogen and oxygen atoms in total. The number of aromatic amines is 1. The molecule has 0 atom stereocenters. The number of para-hydroxylation sites is 1. The molecular weight excluding hydrogens is 418 g/mol. The first kappa shape index (κ1) is 22.6. The van der Waals surface area contributed by atoms with Crippen molar-refractivity contribution in [1.82, 2.24) is 14.5 Å². The highest BCUT2D eigenvalue weighted by Gasteiger charge is 2.26. The summed E-state index contributed by atoms with van der Waals surface area (Å²) in [5, 5.41) is 0.785. The Labute approximate surface area is 184 Å². The Morgan fingerprint density at radius 1 is 1.29 bits per heavy atom. The summed E-state index contributed by atoms with van der Waals surface area (Å²) in [5.74, 6) is -0.348. The third-order valence-corrected chi connectivity index (χ3v) is 5.12. The number of carbonyl (C=O) groups is 1. The molecule has 0 aliphatic carbocycles. The number of nitrogens with two attached hydrogens (primary N) is 1. The van der Waals surface area contributed by atoms with Crippen molar-refractivity contribution in [2.45, 2.75) is 40.2 Å². The largest absolute Gasteiger partial charge is 0.383 e. The maximum absolute atomic E-state index is 13.7. The minimum Gasteiger partial charge on any atom is -0.383 e. The molecular formula is C22H26ClN5O3. The van der Waals surface area contributed by atoms with Crippen LogP contribution in [0, 0.1) is 5.92 Å². The minimum atomic E-state index is -0.698. The number of rotatable bonds is 7. The van der Waals surface area contributed by atoms with Crippen LogP contribution >= 0.6 is 11.6 Å². The van der Waals surface area contributed by atoms with E-state index in [4.69, 9.17) is 17.3 Å². The molecule has 164 valence electrons. The Balaban J connectivity index is 2.22. The summed E-state index contributed by atoms with van der Waals surface area (Å²) in [7, 11) is 0. The zero-order valence-corrected chi connectivity index (χ0v) is 18.6. The van der Waals surface area contributed by atoms with Crippen molar-refractivity contribution in [2.75, 3.05) is 17.2 Å². The second kappa shape index (κ2) is 9.34. The van der Waals surface area contributed by atoms with Crippen molar-refractivity contribution >= 4 is 39.9 Å². The number of hydrogen-bond donors (Lipinski definition) is 2. The third-order valence-electron chi connectivity index (χ3n) is 4.93. The van der Waals surface area contributed by atoms with Crippen LogP contribution in [0.25, 0.3) is 10.9 Å². The van der Waals surface area contributed by atoms with Gasteiger partial charge in [0.15, 0.2) is 5.69 Å². The molecule has 0 radical (unpaired) electrons. The van der Waals surface area contributed by atoms with Crippen molar-refractivity contribution in [3.05, 3.63) is 61.9 Å². The molecule has 3 aromatic rings. The molecule has 0 bridgehead atoms. The Morgan fingerprint density at radius 2 is 2.00 bits per heavy atom. The van der Waals surface area contributed by atoms with E-state index in [0.717, 1.165) is 6.42 Å². The number of nitrogens with zero attached hydrogens (tertiary/aromatic N) is 3.